The van der Waals surface area contributed by atoms with Gasteiger partial charge in [0.15, 0.2) is 11.5 Å². The number of ether oxygens (including phenoxy) is 3. The average Bonchev–Trinajstić information content (AvgIpc) is 2.95. The lowest BCUT2D eigenvalue weighted by Crippen LogP contribution is -2.15. The van der Waals surface area contributed by atoms with E-state index in [1.54, 1.807) is 0 Å². The van der Waals surface area contributed by atoms with Crippen LogP contribution in [-0.4, -0.2) is 19.3 Å². The Labute approximate surface area is 82.6 Å². The second-order valence-electron chi connectivity index (χ2n) is 3.66. The third kappa shape index (κ3) is 1.24. The van der Waals surface area contributed by atoms with Crippen molar-refractivity contribution in [3.05, 3.63) is 23.8 Å². The number of epoxide rings is 1. The summed E-state index contributed by atoms with van der Waals surface area (Å²) in [6.07, 6.45) is 0.600. The van der Waals surface area contributed by atoms with Crippen molar-refractivity contribution in [2.45, 2.75) is 19.1 Å². The second kappa shape index (κ2) is 2.89. The van der Waals surface area contributed by atoms with Crippen LogP contribution in [0, 0.1) is 0 Å². The number of fused-ring (bicyclic) bond motifs is 1. The van der Waals surface area contributed by atoms with Crippen molar-refractivity contribution in [1.29, 1.82) is 0 Å². The molecule has 0 radical (unpaired) electrons. The van der Waals surface area contributed by atoms with Crippen LogP contribution in [0.1, 0.15) is 18.6 Å². The number of rotatable bonds is 1. The lowest BCUT2D eigenvalue weighted by molar-refractivity contribution is 0.171. The summed E-state index contributed by atoms with van der Waals surface area (Å²) in [7, 11) is 0. The fraction of sp³-hybridized carbons (Fsp3) is 0.455. The van der Waals surface area contributed by atoms with Crippen LogP contribution in [0.2, 0.25) is 0 Å². The molecule has 2 unspecified atom stereocenters. The summed E-state index contributed by atoms with van der Waals surface area (Å²) in [5.74, 6) is 1.68. The van der Waals surface area contributed by atoms with Crippen LogP contribution in [-0.2, 0) is 4.74 Å². The fourth-order valence-corrected chi connectivity index (χ4v) is 1.77. The van der Waals surface area contributed by atoms with Gasteiger partial charge in [-0.25, -0.2) is 0 Å². The maximum absolute atomic E-state index is 5.50. The van der Waals surface area contributed by atoms with Crippen LogP contribution in [0.5, 0.6) is 11.5 Å². The van der Waals surface area contributed by atoms with Gasteiger partial charge in [-0.2, -0.15) is 0 Å². The first-order chi connectivity index (χ1) is 6.84. The number of hydrogen-bond donors (Lipinski definition) is 0. The van der Waals surface area contributed by atoms with Crippen LogP contribution >= 0.6 is 0 Å². The highest BCUT2D eigenvalue weighted by Crippen LogP contribution is 2.41. The minimum atomic E-state index is 0.255. The Balaban J connectivity index is 1.93. The van der Waals surface area contributed by atoms with E-state index in [0.717, 1.165) is 11.5 Å². The predicted octanol–water partition coefficient (Wildman–Crippen LogP) is 1.92. The van der Waals surface area contributed by atoms with E-state index in [1.807, 2.05) is 18.2 Å². The minimum absolute atomic E-state index is 0.255. The molecule has 74 valence electrons. The van der Waals surface area contributed by atoms with Gasteiger partial charge in [0.2, 0.25) is 0 Å². The van der Waals surface area contributed by atoms with E-state index < -0.39 is 0 Å². The van der Waals surface area contributed by atoms with Gasteiger partial charge in [0, 0.05) is 0 Å². The van der Waals surface area contributed by atoms with E-state index in [0.29, 0.717) is 19.3 Å². The van der Waals surface area contributed by atoms with Gasteiger partial charge in [-0.1, -0.05) is 6.07 Å². The van der Waals surface area contributed by atoms with Crippen LogP contribution in [0.25, 0.3) is 0 Å². The van der Waals surface area contributed by atoms with Crippen LogP contribution in [0.3, 0.4) is 0 Å². The van der Waals surface area contributed by atoms with Crippen molar-refractivity contribution >= 4 is 0 Å². The van der Waals surface area contributed by atoms with E-state index in [9.17, 15) is 0 Å². The Morgan fingerprint density at radius 3 is 2.57 bits per heavy atom. The normalized spacial score (nSPS) is 28.6. The van der Waals surface area contributed by atoms with Crippen molar-refractivity contribution < 1.29 is 14.2 Å². The van der Waals surface area contributed by atoms with Gasteiger partial charge in [0.1, 0.15) is 19.3 Å². The summed E-state index contributed by atoms with van der Waals surface area (Å²) in [6, 6.07) is 6.02. The van der Waals surface area contributed by atoms with Crippen molar-refractivity contribution in [1.82, 2.24) is 0 Å². The highest BCUT2D eigenvalue weighted by Gasteiger charge is 2.36. The van der Waals surface area contributed by atoms with Crippen molar-refractivity contribution in [2.75, 3.05) is 13.2 Å². The van der Waals surface area contributed by atoms with Gasteiger partial charge < -0.3 is 14.2 Å². The van der Waals surface area contributed by atoms with Crippen molar-refractivity contribution in [3.8, 4) is 11.5 Å². The molecule has 1 aromatic rings. The molecule has 1 aromatic carbocycles. The van der Waals surface area contributed by atoms with Crippen LogP contribution < -0.4 is 9.47 Å². The van der Waals surface area contributed by atoms with Crippen LogP contribution in [0.4, 0.5) is 0 Å². The van der Waals surface area contributed by atoms with E-state index in [1.165, 1.54) is 5.56 Å². The molecule has 0 N–H and O–H groups in total. The molecule has 2 heterocycles. The summed E-state index contributed by atoms with van der Waals surface area (Å²) in [5.41, 5.74) is 1.18. The summed E-state index contributed by atoms with van der Waals surface area (Å²) in [5, 5.41) is 0. The number of benzene rings is 1. The Bertz CT molecular complexity index is 362. The quantitative estimate of drug-likeness (QED) is 0.637. The lowest BCUT2D eigenvalue weighted by atomic mass is 10.1. The average molecular weight is 192 g/mol. The summed E-state index contributed by atoms with van der Waals surface area (Å²) in [6.45, 7) is 3.35. The molecule has 3 rings (SSSR count). The Hall–Kier alpha value is -1.22. The molecular weight excluding hydrogens is 180 g/mol. The molecule has 1 saturated heterocycles. The molecule has 0 aliphatic carbocycles. The van der Waals surface area contributed by atoms with Crippen molar-refractivity contribution in [2.24, 2.45) is 0 Å². The maximum atomic E-state index is 5.50. The standard InChI is InChI=1S/C11H12O3/c1-7-11(14-7)8-2-3-9-10(6-8)13-5-4-12-9/h2-3,6-7,11H,4-5H2,1H3. The summed E-state index contributed by atoms with van der Waals surface area (Å²) >= 11 is 0. The lowest BCUT2D eigenvalue weighted by Gasteiger charge is -2.18. The second-order valence-corrected chi connectivity index (χ2v) is 3.66. The molecule has 0 aromatic heterocycles. The topological polar surface area (TPSA) is 31.0 Å². The monoisotopic (exact) mass is 192 g/mol. The summed E-state index contributed by atoms with van der Waals surface area (Å²) < 4.78 is 16.3. The minimum Gasteiger partial charge on any atom is -0.486 e. The first-order valence-corrected chi connectivity index (χ1v) is 4.89. The molecule has 0 saturated carbocycles. The molecule has 3 heteroatoms. The predicted molar refractivity (Wildman–Crippen MR) is 50.7 cm³/mol. The molecular formula is C11H12O3. The van der Waals surface area contributed by atoms with Gasteiger partial charge in [-0.15, -0.1) is 0 Å². The van der Waals surface area contributed by atoms with Gasteiger partial charge in [-0.05, 0) is 24.6 Å². The Morgan fingerprint density at radius 2 is 1.86 bits per heavy atom. The third-order valence-corrected chi connectivity index (χ3v) is 2.61. The molecule has 2 aliphatic rings. The van der Waals surface area contributed by atoms with Crippen molar-refractivity contribution in [3.63, 3.8) is 0 Å². The smallest absolute Gasteiger partial charge is 0.161 e. The zero-order valence-corrected chi connectivity index (χ0v) is 8.03. The van der Waals surface area contributed by atoms with Crippen LogP contribution in [0.15, 0.2) is 18.2 Å². The summed E-state index contributed by atoms with van der Waals surface area (Å²) in [4.78, 5) is 0. The zero-order chi connectivity index (χ0) is 9.54. The van der Waals surface area contributed by atoms with E-state index >= 15 is 0 Å². The first kappa shape index (κ1) is 8.12. The Morgan fingerprint density at radius 1 is 1.14 bits per heavy atom. The van der Waals surface area contributed by atoms with E-state index in [2.05, 4.69) is 6.92 Å². The molecule has 0 spiro atoms. The van der Waals surface area contributed by atoms with E-state index in [-0.39, 0.29) is 6.10 Å². The first-order valence-electron chi connectivity index (χ1n) is 4.89. The molecule has 2 aliphatic heterocycles. The van der Waals surface area contributed by atoms with Gasteiger partial charge in [-0.3, -0.25) is 0 Å². The molecule has 0 amide bonds. The third-order valence-electron chi connectivity index (χ3n) is 2.61. The maximum Gasteiger partial charge on any atom is 0.161 e. The Kier molecular flexibility index (Phi) is 1.67. The fourth-order valence-electron chi connectivity index (χ4n) is 1.77. The molecule has 1 fully saturated rings. The molecule has 3 nitrogen and oxygen atoms in total. The SMILES string of the molecule is CC1OC1c1ccc2c(c1)OCCO2. The zero-order valence-electron chi connectivity index (χ0n) is 8.03. The molecule has 2 atom stereocenters. The molecule has 14 heavy (non-hydrogen) atoms. The highest BCUT2D eigenvalue weighted by molar-refractivity contribution is 5.45. The van der Waals surface area contributed by atoms with E-state index in [4.69, 9.17) is 14.2 Å². The highest BCUT2D eigenvalue weighted by atomic mass is 16.6. The largest absolute Gasteiger partial charge is 0.486 e. The van der Waals surface area contributed by atoms with Gasteiger partial charge >= 0.3 is 0 Å². The molecule has 0 bridgehead atoms. The van der Waals surface area contributed by atoms with Gasteiger partial charge in [0.05, 0.1) is 6.10 Å². The van der Waals surface area contributed by atoms with Gasteiger partial charge in [0.25, 0.3) is 0 Å². The number of hydrogen-bond acceptors (Lipinski definition) is 3.